The minimum absolute atomic E-state index is 0. The van der Waals surface area contributed by atoms with Crippen LogP contribution in [0.25, 0.3) is 41.5 Å². The van der Waals surface area contributed by atoms with Crippen molar-refractivity contribution in [2.75, 3.05) is 0 Å². The number of ketones is 1. The Hall–Kier alpha value is -2.22. The summed E-state index contributed by atoms with van der Waals surface area (Å²) in [6.07, 6.45) is 0.555. The summed E-state index contributed by atoms with van der Waals surface area (Å²) < 4.78 is 29.4. The second kappa shape index (κ2) is 18.2. The molecule has 5 aromatic rings. The van der Waals surface area contributed by atoms with Gasteiger partial charge in [-0.2, -0.15) is 0 Å². The molecule has 5 rings (SSSR count). The molecule has 0 amide bonds. The normalized spacial score (nSPS) is 12.7. The van der Waals surface area contributed by atoms with Gasteiger partial charge in [0.2, 0.25) is 0 Å². The van der Waals surface area contributed by atoms with Crippen molar-refractivity contribution in [1.29, 1.82) is 0 Å². The molecule has 51 heavy (non-hydrogen) atoms. The molecular formula is C42H53F2GeIrN2O2Se-. The van der Waals surface area contributed by atoms with Crippen LogP contribution >= 0.6 is 0 Å². The molecule has 3 aromatic carbocycles. The average molecular weight is 1000 g/mol. The SMILES string of the molecule is CC(C)C(C(=O)/C=C(\O)C(C(C)C)C(C)C)C(C)C.[CH3][Ge]([CH3])([CH3])[c]1cc(-c2ncnc3c2[se]c2cc(CC(F)F)ccc23)[c-]c2ccccc12.[Ir]. The summed E-state index contributed by atoms with van der Waals surface area (Å²) in [7, 11) is 0. The maximum atomic E-state index is 12.9. The molecule has 0 bridgehead atoms. The predicted molar refractivity (Wildman–Crippen MR) is 211 cm³/mol. The molecule has 0 fully saturated rings. The van der Waals surface area contributed by atoms with Crippen LogP contribution in [-0.2, 0) is 31.3 Å². The summed E-state index contributed by atoms with van der Waals surface area (Å²) in [6.45, 7) is 16.6. The molecule has 4 nitrogen and oxygen atoms in total. The molecule has 0 saturated carbocycles. The Morgan fingerprint density at radius 1 is 0.863 bits per heavy atom. The van der Waals surface area contributed by atoms with Crippen LogP contribution in [0.4, 0.5) is 8.78 Å². The minimum atomic E-state index is -2.33. The van der Waals surface area contributed by atoms with Crippen LogP contribution in [0.2, 0.25) is 17.3 Å². The smallest absolute Gasteiger partial charge is 0 e. The van der Waals surface area contributed by atoms with Gasteiger partial charge in [0.15, 0.2) is 5.78 Å². The zero-order chi connectivity index (χ0) is 37.1. The minimum Gasteiger partial charge on any atom is 0 e. The van der Waals surface area contributed by atoms with Gasteiger partial charge in [-0.25, -0.2) is 0 Å². The summed E-state index contributed by atoms with van der Waals surface area (Å²) in [5.41, 5.74) is 3.55. The number of allylic oxidation sites excluding steroid dienone is 2. The fraction of sp³-hybridized carbons (Fsp3) is 0.452. The van der Waals surface area contributed by atoms with Crippen molar-refractivity contribution in [1.82, 2.24) is 9.97 Å². The quantitative estimate of drug-likeness (QED) is 0.0620. The second-order valence-corrected chi connectivity index (χ2v) is 28.6. The zero-order valence-corrected chi connectivity index (χ0v) is 38.0. The molecule has 0 spiro atoms. The van der Waals surface area contributed by atoms with E-state index >= 15 is 0 Å². The molecule has 0 aliphatic rings. The summed E-state index contributed by atoms with van der Waals surface area (Å²) in [5.74, 6) is 8.84. The van der Waals surface area contributed by atoms with Gasteiger partial charge in [0.1, 0.15) is 0 Å². The van der Waals surface area contributed by atoms with Gasteiger partial charge in [-0.05, 0) is 23.7 Å². The number of hydrogen-bond donors (Lipinski definition) is 1. The monoisotopic (exact) mass is 1000 g/mol. The summed E-state index contributed by atoms with van der Waals surface area (Å²) >= 11 is -2.18. The van der Waals surface area contributed by atoms with E-state index in [2.05, 4.69) is 119 Å². The van der Waals surface area contributed by atoms with Crippen LogP contribution in [-0.4, -0.2) is 55.1 Å². The third-order valence-electron chi connectivity index (χ3n) is 9.38. The molecule has 9 heteroatoms. The summed E-state index contributed by atoms with van der Waals surface area (Å²) in [4.78, 5) is 21.6. The van der Waals surface area contributed by atoms with Gasteiger partial charge in [-0.15, -0.1) is 0 Å². The number of alkyl halides is 2. The van der Waals surface area contributed by atoms with Crippen LogP contribution in [0.1, 0.15) is 61.0 Å². The van der Waals surface area contributed by atoms with Crippen LogP contribution < -0.4 is 4.40 Å². The first-order valence-corrected chi connectivity index (χ1v) is 26.8. The Morgan fingerprint density at radius 3 is 2.04 bits per heavy atom. The van der Waals surface area contributed by atoms with Crippen molar-refractivity contribution in [3.05, 3.63) is 78.3 Å². The summed E-state index contributed by atoms with van der Waals surface area (Å²) in [5, 5.41) is 13.7. The molecule has 0 atom stereocenters. The number of nitrogens with zero attached hydrogens (tertiary/aromatic N) is 2. The van der Waals surface area contributed by atoms with Gasteiger partial charge in [0.05, 0.1) is 5.76 Å². The first kappa shape index (κ1) is 43.2. The van der Waals surface area contributed by atoms with E-state index < -0.39 is 19.7 Å². The van der Waals surface area contributed by atoms with Gasteiger partial charge >= 0.3 is 189 Å². The van der Waals surface area contributed by atoms with Gasteiger partial charge < -0.3 is 5.11 Å². The van der Waals surface area contributed by atoms with Crippen LogP contribution in [0.15, 0.2) is 66.7 Å². The van der Waals surface area contributed by atoms with Crippen molar-refractivity contribution in [2.24, 2.45) is 35.5 Å². The number of hydrogen-bond acceptors (Lipinski definition) is 4. The van der Waals surface area contributed by atoms with Crippen molar-refractivity contribution >= 4 is 68.1 Å². The van der Waals surface area contributed by atoms with E-state index in [0.717, 1.165) is 36.1 Å². The topological polar surface area (TPSA) is 63.1 Å². The third kappa shape index (κ3) is 10.5. The van der Waals surface area contributed by atoms with Crippen LogP contribution in [0.5, 0.6) is 0 Å². The molecule has 0 aliphatic carbocycles. The number of rotatable bonds is 11. The van der Waals surface area contributed by atoms with E-state index in [1.807, 2.05) is 12.1 Å². The molecule has 1 N–H and O–H groups in total. The molecule has 1 radical (unpaired) electrons. The average Bonchev–Trinajstić information content (AvgIpc) is 3.37. The largest absolute Gasteiger partial charge is 0 e. The maximum Gasteiger partial charge on any atom is 0 e. The van der Waals surface area contributed by atoms with Crippen molar-refractivity contribution < 1.29 is 38.8 Å². The zero-order valence-electron chi connectivity index (χ0n) is 31.8. The van der Waals surface area contributed by atoms with Gasteiger partial charge in [0, 0.05) is 38.0 Å². The number of benzene rings is 3. The molecule has 0 saturated heterocycles. The Kier molecular flexibility index (Phi) is 15.4. The third-order valence-corrected chi connectivity index (χ3v) is 16.0. The van der Waals surface area contributed by atoms with Crippen LogP contribution in [0.3, 0.4) is 0 Å². The predicted octanol–water partition coefficient (Wildman–Crippen LogP) is 10.7. The number of carbonyl (C=O) groups is 1. The van der Waals surface area contributed by atoms with E-state index in [1.54, 1.807) is 12.4 Å². The van der Waals surface area contributed by atoms with Crippen molar-refractivity contribution in [3.8, 4) is 11.3 Å². The van der Waals surface area contributed by atoms with E-state index in [-0.39, 0.29) is 64.4 Å². The first-order valence-electron chi connectivity index (χ1n) is 17.7. The molecule has 0 unspecified atom stereocenters. The number of halogens is 2. The summed E-state index contributed by atoms with van der Waals surface area (Å²) in [6, 6.07) is 20.0. The van der Waals surface area contributed by atoms with E-state index in [4.69, 9.17) is 0 Å². The van der Waals surface area contributed by atoms with Crippen LogP contribution in [0, 0.1) is 41.6 Å². The van der Waals surface area contributed by atoms with Crippen molar-refractivity contribution in [2.45, 2.75) is 85.5 Å². The van der Waals surface area contributed by atoms with E-state index in [1.165, 1.54) is 15.9 Å². The molecule has 277 valence electrons. The standard InChI is InChI=1S/C25H21F2GeN2Se.C17H32O2.Ir/c1-28(2,3)20-13-17(12-16-6-4-5-7-18(16)20)23-25-24(30-14-29-23)19-9-8-15(11-22(26)27)10-21(19)31-25;1-10(2)16(11(3)4)14(18)9-15(19)17(12(5)6)13(7)8;/h4-10,13-14,22H,11H2,1-3H3;9-13,16-18H,1-8H3;/q-1;;/b;14-9-;. The molecule has 2 heterocycles. The molecule has 2 aromatic heterocycles. The Labute approximate surface area is 325 Å². The van der Waals surface area contributed by atoms with Gasteiger partial charge in [-0.1, -0.05) is 55.4 Å². The Bertz CT molecular complexity index is 1970. The fourth-order valence-corrected chi connectivity index (χ4v) is 13.2. The number of aromatic nitrogens is 2. The Morgan fingerprint density at radius 2 is 1.47 bits per heavy atom. The van der Waals surface area contributed by atoms with Crippen molar-refractivity contribution in [3.63, 3.8) is 0 Å². The molecular weight excluding hydrogens is 946 g/mol. The first-order chi connectivity index (χ1) is 23.4. The van der Waals surface area contributed by atoms with Gasteiger partial charge in [-0.3, -0.25) is 4.79 Å². The second-order valence-electron chi connectivity index (χ2n) is 15.8. The number of fused-ring (bicyclic) bond motifs is 4. The molecule has 0 aliphatic heterocycles. The van der Waals surface area contributed by atoms with E-state index in [9.17, 15) is 18.7 Å². The number of aliphatic hydroxyl groups excluding tert-OH is 1. The number of carbonyl (C=O) groups excluding carboxylic acids is 1. The van der Waals surface area contributed by atoms with E-state index in [0.29, 0.717) is 29.2 Å². The van der Waals surface area contributed by atoms with Gasteiger partial charge in [0.25, 0.3) is 0 Å². The maximum absolute atomic E-state index is 12.9. The Balaban J connectivity index is 0.000000306. The number of aliphatic hydroxyl groups is 1. The fourth-order valence-electron chi connectivity index (χ4n) is 7.31.